The van der Waals surface area contributed by atoms with E-state index in [1.807, 2.05) is 0 Å². The molecule has 1 fully saturated rings. The molecular weight excluding hydrogens is 442 g/mol. The molecule has 0 saturated heterocycles. The number of nitrogens with zero attached hydrogens (tertiary/aromatic N) is 2. The van der Waals surface area contributed by atoms with Crippen molar-refractivity contribution in [2.45, 2.75) is 37.8 Å². The molecule has 0 spiro atoms. The molecule has 1 heterocycles. The summed E-state index contributed by atoms with van der Waals surface area (Å²) < 4.78 is 60.5. The van der Waals surface area contributed by atoms with Crippen LogP contribution in [0.2, 0.25) is 5.02 Å². The van der Waals surface area contributed by atoms with E-state index in [2.05, 4.69) is 21.6 Å². The number of amides is 1. The molecule has 0 bridgehead atoms. The van der Waals surface area contributed by atoms with Crippen molar-refractivity contribution < 1.29 is 31.8 Å². The van der Waals surface area contributed by atoms with E-state index >= 15 is 0 Å². The second-order valence-corrected chi connectivity index (χ2v) is 7.47. The molecule has 1 aliphatic carbocycles. The topological polar surface area (TPSA) is 65.4 Å². The zero-order valence-electron chi connectivity index (χ0n) is 16.3. The number of aromatic nitrogens is 2. The Labute approximate surface area is 180 Å². The van der Waals surface area contributed by atoms with E-state index in [1.165, 1.54) is 18.5 Å². The van der Waals surface area contributed by atoms with Crippen molar-refractivity contribution >= 4 is 23.1 Å². The molecular formula is C20H20ClF4N3O3. The summed E-state index contributed by atoms with van der Waals surface area (Å²) in [4.78, 5) is 16.1. The zero-order valence-corrected chi connectivity index (χ0v) is 17.0. The lowest BCUT2D eigenvalue weighted by atomic mass is 9.92. The molecule has 0 atom stereocenters. The van der Waals surface area contributed by atoms with Crippen LogP contribution in [0.15, 0.2) is 37.3 Å². The highest BCUT2D eigenvalue weighted by molar-refractivity contribution is 6.30. The van der Waals surface area contributed by atoms with Crippen LogP contribution in [0.3, 0.4) is 0 Å². The van der Waals surface area contributed by atoms with Crippen molar-refractivity contribution in [1.82, 2.24) is 14.9 Å². The third kappa shape index (κ3) is 6.78. The molecule has 0 aliphatic heterocycles. The number of benzene rings is 1. The summed E-state index contributed by atoms with van der Waals surface area (Å²) in [6.45, 7) is 3.98. The monoisotopic (exact) mass is 461 g/mol. The fourth-order valence-electron chi connectivity index (χ4n) is 2.96. The summed E-state index contributed by atoms with van der Waals surface area (Å²) in [5.74, 6) is -0.918. The van der Waals surface area contributed by atoms with Crippen LogP contribution >= 0.6 is 11.6 Å². The fraction of sp³-hybridized carbons (Fsp3) is 0.400. The summed E-state index contributed by atoms with van der Waals surface area (Å²) in [6, 6.07) is 4.39. The number of carbonyl (C=O) groups excluding carboxylic acids is 1. The van der Waals surface area contributed by atoms with E-state index < -0.39 is 24.4 Å². The highest BCUT2D eigenvalue weighted by atomic mass is 35.5. The zero-order chi connectivity index (χ0) is 22.6. The summed E-state index contributed by atoms with van der Waals surface area (Å²) >= 11 is 5.68. The number of hydrogen-bond donors (Lipinski definition) is 1. The molecule has 1 N–H and O–H groups in total. The van der Waals surface area contributed by atoms with Gasteiger partial charge in [-0.15, -0.1) is 13.2 Å². The highest BCUT2D eigenvalue weighted by Gasteiger charge is 2.40. The fourth-order valence-corrected chi connectivity index (χ4v) is 3.07. The van der Waals surface area contributed by atoms with Gasteiger partial charge in [-0.05, 0) is 30.2 Å². The van der Waals surface area contributed by atoms with Crippen LogP contribution in [0.5, 0.6) is 0 Å². The number of carbonyl (C=O) groups is 1. The molecule has 2 aromatic rings. The lowest BCUT2D eigenvalue weighted by molar-refractivity contribution is -0.357. The van der Waals surface area contributed by atoms with Crippen LogP contribution < -0.4 is 5.32 Å². The number of imidazole rings is 1. The predicted molar refractivity (Wildman–Crippen MR) is 105 cm³/mol. The Morgan fingerprint density at radius 3 is 2.74 bits per heavy atom. The molecule has 11 heteroatoms. The molecule has 1 aromatic heterocycles. The van der Waals surface area contributed by atoms with E-state index in [-0.39, 0.29) is 36.9 Å². The van der Waals surface area contributed by atoms with Gasteiger partial charge in [0, 0.05) is 31.3 Å². The highest BCUT2D eigenvalue weighted by Crippen LogP contribution is 2.32. The Balaban J connectivity index is 1.35. The molecule has 1 aliphatic rings. The minimum Gasteiger partial charge on any atom is -0.368 e. The average molecular weight is 462 g/mol. The molecule has 1 aromatic carbocycles. The van der Waals surface area contributed by atoms with Gasteiger partial charge in [0.25, 0.3) is 0 Å². The van der Waals surface area contributed by atoms with E-state index in [0.29, 0.717) is 23.4 Å². The van der Waals surface area contributed by atoms with Crippen molar-refractivity contribution in [2.24, 2.45) is 0 Å². The van der Waals surface area contributed by atoms with Crippen LogP contribution in [0.1, 0.15) is 25.0 Å². The van der Waals surface area contributed by atoms with Crippen LogP contribution in [0, 0.1) is 5.82 Å². The van der Waals surface area contributed by atoms with Crippen molar-refractivity contribution in [3.63, 3.8) is 0 Å². The Hall–Kier alpha value is -2.43. The van der Waals surface area contributed by atoms with Crippen LogP contribution in [-0.2, 0) is 14.3 Å². The number of halogens is 5. The molecule has 1 amide bonds. The molecule has 3 rings (SSSR count). The van der Waals surface area contributed by atoms with Gasteiger partial charge in [0.15, 0.2) is 0 Å². The Morgan fingerprint density at radius 2 is 2.06 bits per heavy atom. The van der Waals surface area contributed by atoms with Gasteiger partial charge < -0.3 is 14.6 Å². The van der Waals surface area contributed by atoms with Crippen LogP contribution in [0.4, 0.5) is 17.6 Å². The van der Waals surface area contributed by atoms with Crippen molar-refractivity contribution in [1.29, 1.82) is 0 Å². The molecule has 0 radical (unpaired) electrons. The predicted octanol–water partition coefficient (Wildman–Crippen LogP) is 4.27. The third-order valence-electron chi connectivity index (χ3n) is 4.70. The van der Waals surface area contributed by atoms with Crippen molar-refractivity contribution in [2.75, 3.05) is 13.2 Å². The lowest BCUT2D eigenvalue weighted by Gasteiger charge is -2.34. The van der Waals surface area contributed by atoms with Gasteiger partial charge in [-0.25, -0.2) is 9.37 Å². The first-order valence-electron chi connectivity index (χ1n) is 9.41. The molecule has 31 heavy (non-hydrogen) atoms. The average Bonchev–Trinajstić information content (AvgIpc) is 3.15. The Bertz CT molecular complexity index is 942. The maximum Gasteiger partial charge on any atom is 0.522 e. The van der Waals surface area contributed by atoms with Crippen LogP contribution in [-0.4, -0.2) is 47.2 Å². The van der Waals surface area contributed by atoms with Gasteiger partial charge in [0.1, 0.15) is 12.4 Å². The first-order chi connectivity index (χ1) is 14.6. The molecule has 0 unspecified atom stereocenters. The van der Waals surface area contributed by atoms with E-state index in [9.17, 15) is 22.4 Å². The summed E-state index contributed by atoms with van der Waals surface area (Å²) in [5.41, 5.74) is 1.81. The van der Waals surface area contributed by atoms with Gasteiger partial charge in [0.05, 0.1) is 29.3 Å². The largest absolute Gasteiger partial charge is 0.522 e. The first-order valence-corrected chi connectivity index (χ1v) is 9.79. The smallest absolute Gasteiger partial charge is 0.368 e. The molecule has 6 nitrogen and oxygen atoms in total. The number of alkyl halides is 3. The Morgan fingerprint density at radius 1 is 1.32 bits per heavy atom. The summed E-state index contributed by atoms with van der Waals surface area (Å²) in [5, 5.41) is 2.68. The van der Waals surface area contributed by atoms with Gasteiger partial charge in [-0.1, -0.05) is 18.2 Å². The van der Waals surface area contributed by atoms with E-state index in [1.54, 1.807) is 16.8 Å². The SMILES string of the molecule is C=C(CCNC(=O)COC1CC(OC(F)(F)F)C1)c1cn(-c2ccc(Cl)c(F)c2)cn1. The van der Waals surface area contributed by atoms with Gasteiger partial charge in [-0.2, -0.15) is 0 Å². The third-order valence-corrected chi connectivity index (χ3v) is 5.00. The van der Waals surface area contributed by atoms with E-state index in [4.69, 9.17) is 16.3 Å². The van der Waals surface area contributed by atoms with Gasteiger partial charge in [-0.3, -0.25) is 9.53 Å². The molecule has 1 saturated carbocycles. The minimum absolute atomic E-state index is 0.0278. The second-order valence-electron chi connectivity index (χ2n) is 7.06. The van der Waals surface area contributed by atoms with Gasteiger partial charge in [0.2, 0.25) is 5.91 Å². The maximum absolute atomic E-state index is 13.6. The summed E-state index contributed by atoms with van der Waals surface area (Å²) in [6.07, 6.45) is -2.17. The normalized spacial score (nSPS) is 18.5. The van der Waals surface area contributed by atoms with Crippen molar-refractivity contribution in [3.05, 3.63) is 53.8 Å². The number of rotatable bonds is 9. The minimum atomic E-state index is -4.66. The number of nitrogens with one attached hydrogen (secondary N) is 1. The first kappa shape index (κ1) is 23.2. The number of ether oxygens (including phenoxy) is 2. The van der Waals surface area contributed by atoms with Crippen LogP contribution in [0.25, 0.3) is 11.3 Å². The van der Waals surface area contributed by atoms with Gasteiger partial charge >= 0.3 is 6.36 Å². The quantitative estimate of drug-likeness (QED) is 0.566. The Kier molecular flexibility index (Phi) is 7.34. The summed E-state index contributed by atoms with van der Waals surface area (Å²) in [7, 11) is 0. The number of hydrogen-bond acceptors (Lipinski definition) is 4. The second kappa shape index (κ2) is 9.80. The maximum atomic E-state index is 13.6. The standard InChI is InChI=1S/C20H20ClF4N3O3/c1-12(18-9-28(11-27-18)13-2-3-16(21)17(22)6-13)4-5-26-19(29)10-30-14-7-15(8-14)31-20(23,24)25/h2-3,6,9,11,14-15H,1,4-5,7-8,10H2,(H,26,29). The van der Waals surface area contributed by atoms with E-state index in [0.717, 1.165) is 0 Å². The van der Waals surface area contributed by atoms with Crippen molar-refractivity contribution in [3.8, 4) is 5.69 Å². The lowest BCUT2D eigenvalue weighted by Crippen LogP contribution is -2.42. The molecule has 168 valence electrons.